The van der Waals surface area contributed by atoms with Gasteiger partial charge in [-0.25, -0.2) is 9.59 Å². The molecule has 2 aromatic carbocycles. The van der Waals surface area contributed by atoms with E-state index in [0.717, 1.165) is 43.3 Å². The minimum absolute atomic E-state index is 0. The zero-order chi connectivity index (χ0) is 40.2. The van der Waals surface area contributed by atoms with E-state index < -0.39 is 5.97 Å². The Hall–Kier alpha value is -3.01. The maximum Gasteiger partial charge on any atom is 0.338 e. The van der Waals surface area contributed by atoms with E-state index in [4.69, 9.17) is 19.3 Å². The second kappa shape index (κ2) is 23.4. The van der Waals surface area contributed by atoms with Crippen LogP contribution in [0.1, 0.15) is 127 Å². The Balaban J connectivity index is 0.000000444. The van der Waals surface area contributed by atoms with E-state index in [1.807, 2.05) is 22.1 Å². The van der Waals surface area contributed by atoms with Crippen molar-refractivity contribution in [2.75, 3.05) is 14.2 Å². The van der Waals surface area contributed by atoms with Gasteiger partial charge in [0.25, 0.3) is 0 Å². The summed E-state index contributed by atoms with van der Waals surface area (Å²) in [5, 5.41) is 8.51. The molecule has 6 rings (SSSR count). The summed E-state index contributed by atoms with van der Waals surface area (Å²) >= 11 is 1.86. The van der Waals surface area contributed by atoms with Crippen LogP contribution in [-0.4, -0.2) is 53.7 Å². The van der Waals surface area contributed by atoms with Gasteiger partial charge in [0.05, 0.1) is 25.3 Å². The van der Waals surface area contributed by atoms with Crippen LogP contribution >= 0.6 is 0 Å². The third-order valence-electron chi connectivity index (χ3n) is 12.8. The number of allylic oxidation sites excluding steroid dienone is 5. The summed E-state index contributed by atoms with van der Waals surface area (Å²) in [5.74, 6) is 4.97. The molecular weight excluding hydrogens is 763 g/mol. The third-order valence-corrected chi connectivity index (χ3v) is 12.8. The Morgan fingerprint density at radius 3 is 1.64 bits per heavy atom. The van der Waals surface area contributed by atoms with Gasteiger partial charge in [-0.05, 0) is 161 Å². The van der Waals surface area contributed by atoms with Gasteiger partial charge in [0.1, 0.15) is 17.6 Å². The van der Waals surface area contributed by atoms with Crippen molar-refractivity contribution in [3.05, 3.63) is 107 Å². The summed E-state index contributed by atoms with van der Waals surface area (Å²) in [7, 11) is 3.15. The minimum Gasteiger partial charge on any atom is -0.497 e. The van der Waals surface area contributed by atoms with Gasteiger partial charge in [0.2, 0.25) is 0 Å². The first-order valence-corrected chi connectivity index (χ1v) is 21.2. The van der Waals surface area contributed by atoms with Crippen LogP contribution in [-0.2, 0) is 21.8 Å². The van der Waals surface area contributed by atoms with Crippen LogP contribution in [0.2, 0.25) is 5.79 Å². The number of rotatable bonds is 7. The monoisotopic (exact) mass is 832 g/mol. The second-order valence-electron chi connectivity index (χ2n) is 16.1. The molecule has 0 aliphatic heterocycles. The molecule has 2 aromatic rings. The molecule has 312 valence electrons. The number of carboxylic acids is 1. The van der Waals surface area contributed by atoms with E-state index in [1.165, 1.54) is 68.1 Å². The van der Waals surface area contributed by atoms with Crippen molar-refractivity contribution in [2.24, 2.45) is 34.5 Å². The molecule has 56 heavy (non-hydrogen) atoms. The van der Waals surface area contributed by atoms with Crippen molar-refractivity contribution in [1.82, 2.24) is 0 Å². The number of hydrogen-bond donors (Lipinski definition) is 1. The van der Waals surface area contributed by atoms with Crippen LogP contribution in [0.25, 0.3) is 0 Å². The van der Waals surface area contributed by atoms with Gasteiger partial charge in [-0.15, -0.1) is 5.79 Å². The van der Waals surface area contributed by atoms with Crippen LogP contribution < -0.4 is 9.47 Å². The van der Waals surface area contributed by atoms with Crippen LogP contribution in [0, 0.1) is 34.5 Å². The van der Waals surface area contributed by atoms with Crippen molar-refractivity contribution >= 4 is 28.2 Å². The zero-order valence-electron chi connectivity index (χ0n) is 34.9. The number of esters is 1. The summed E-state index contributed by atoms with van der Waals surface area (Å²) < 4.78 is 15.8. The Morgan fingerprint density at radius 1 is 0.750 bits per heavy atom. The SMILES string of the molecule is C.C=C(C)[C@@H]1CCC2=CCC[C@@H](C)[C@]2(C)C1.C=C(C)[C@@H]1CCC2=C[C@H](OC(=O)c3ccc(OC)cc3)C[C@@H](C)[C@]2(C)C1.COc1ccc(C(=O)O)cc1.[CH3][AlH].[Cu]. The van der Waals surface area contributed by atoms with E-state index in [1.54, 1.807) is 49.1 Å². The minimum atomic E-state index is -0.923. The predicted octanol–water partition coefficient (Wildman–Crippen LogP) is 12.3. The first kappa shape index (κ1) is 51.0. The number of benzene rings is 2. The average molecular weight is 834 g/mol. The van der Waals surface area contributed by atoms with Gasteiger partial charge in [-0.3, -0.25) is 0 Å². The maximum atomic E-state index is 12.5. The molecule has 2 fully saturated rings. The van der Waals surface area contributed by atoms with E-state index in [9.17, 15) is 9.59 Å². The quantitative estimate of drug-likeness (QED) is 0.170. The fraction of sp³-hybridized carbons (Fsp3) is 0.542. The fourth-order valence-corrected chi connectivity index (χ4v) is 8.68. The molecule has 2 radical (unpaired) electrons. The standard InChI is InChI=1S/C23H30O3.C15H24.C8H8O3.CH4.CH3.Al.Cu.H/c1-15(2)18-6-9-19-13-21(12-16(3)23(19,4)14-18)26-22(24)17-7-10-20(25-5)11-8-17;1-11(2)13-8-9-14-7-5-6-12(3)15(14,4)10-13;1-11-7-4-2-6(3-5-7)8(9)10;;;;;/h7-8,10-11,13,16,18,21H,1,6,9,12,14H2,2-5H3;7,12-13H,1,5-6,8-10H2,2-4H3;2-5H,1H3,(H,9,10);1H4;1H3;;;/t16-,18-,21-,23+;12-,13-,15+;;;;;;/m11....../s1. The van der Waals surface area contributed by atoms with Gasteiger partial charge >= 0.3 is 11.9 Å². The molecule has 8 heteroatoms. The Bertz CT molecular complexity index is 1650. The molecule has 0 spiro atoms. The number of fused-ring (bicyclic) bond motifs is 2. The van der Waals surface area contributed by atoms with Gasteiger partial charge in [-0.1, -0.05) is 76.6 Å². The maximum absolute atomic E-state index is 12.5. The number of methoxy groups -OCH3 is 2. The molecule has 1 N–H and O–H groups in total. The fourth-order valence-electron chi connectivity index (χ4n) is 8.68. The van der Waals surface area contributed by atoms with E-state index in [2.05, 4.69) is 66.9 Å². The number of carbonyl (C=O) groups is 2. The number of aromatic carboxylic acids is 1. The van der Waals surface area contributed by atoms with Crippen molar-refractivity contribution in [3.8, 4) is 11.5 Å². The van der Waals surface area contributed by atoms with Gasteiger partial charge in [0.15, 0.2) is 16.3 Å². The van der Waals surface area contributed by atoms with Crippen LogP contribution in [0.3, 0.4) is 0 Å². The average Bonchev–Trinajstić information content (AvgIpc) is 3.16. The molecule has 0 bridgehead atoms. The van der Waals surface area contributed by atoms with Crippen molar-refractivity contribution in [3.63, 3.8) is 0 Å². The molecule has 0 unspecified atom stereocenters. The predicted molar refractivity (Wildman–Crippen MR) is 231 cm³/mol. The van der Waals surface area contributed by atoms with Gasteiger partial charge in [0, 0.05) is 17.1 Å². The van der Waals surface area contributed by atoms with Gasteiger partial charge < -0.3 is 19.3 Å². The molecule has 0 aromatic heterocycles. The number of hydrogen-bond acceptors (Lipinski definition) is 5. The van der Waals surface area contributed by atoms with Crippen LogP contribution in [0.4, 0.5) is 0 Å². The number of carboxylic acid groups (broad SMARTS) is 1. The Morgan fingerprint density at radius 2 is 1.20 bits per heavy atom. The summed E-state index contributed by atoms with van der Waals surface area (Å²) in [6.07, 6.45) is 15.6. The molecule has 0 heterocycles. The molecule has 2 saturated carbocycles. The molecule has 4 aliphatic rings. The number of ether oxygens (including phenoxy) is 3. The molecule has 6 nitrogen and oxygen atoms in total. The molecular formula is C48H70AlCuO6. The smallest absolute Gasteiger partial charge is 0.338 e. The van der Waals surface area contributed by atoms with Crippen LogP contribution in [0.15, 0.2) is 96.1 Å². The Labute approximate surface area is 358 Å². The molecule has 0 saturated heterocycles. The van der Waals surface area contributed by atoms with E-state index in [-0.39, 0.29) is 47.5 Å². The summed E-state index contributed by atoms with van der Waals surface area (Å²) in [6, 6.07) is 13.3. The normalized spacial score (nSPS) is 27.1. The first-order valence-electron chi connectivity index (χ1n) is 19.8. The van der Waals surface area contributed by atoms with E-state index in [0.29, 0.717) is 28.6 Å². The van der Waals surface area contributed by atoms with Crippen LogP contribution in [0.5, 0.6) is 11.5 Å². The third kappa shape index (κ3) is 13.0. The number of carbonyl (C=O) groups excluding carboxylic acids is 1. The van der Waals surface area contributed by atoms with Crippen molar-refractivity contribution < 1.29 is 46.0 Å². The second-order valence-corrected chi connectivity index (χ2v) is 16.1. The topological polar surface area (TPSA) is 82.1 Å². The zero-order valence-corrected chi connectivity index (χ0v) is 37.3. The van der Waals surface area contributed by atoms with Gasteiger partial charge in [-0.2, -0.15) is 0 Å². The van der Waals surface area contributed by atoms with E-state index >= 15 is 0 Å². The molecule has 4 aliphatic carbocycles. The molecule has 7 atom stereocenters. The first-order chi connectivity index (χ1) is 25.6. The largest absolute Gasteiger partial charge is 0.497 e. The Kier molecular flexibility index (Phi) is 21.3. The summed E-state index contributed by atoms with van der Waals surface area (Å²) in [5.41, 5.74) is 7.42. The van der Waals surface area contributed by atoms with Crippen molar-refractivity contribution in [2.45, 2.75) is 119 Å². The van der Waals surface area contributed by atoms with Crippen molar-refractivity contribution in [1.29, 1.82) is 0 Å². The summed E-state index contributed by atoms with van der Waals surface area (Å²) in [6.45, 7) is 22.3. The summed E-state index contributed by atoms with van der Waals surface area (Å²) in [4.78, 5) is 22.9. The molecule has 0 amide bonds.